The first kappa shape index (κ1) is 16.8. The van der Waals surface area contributed by atoms with E-state index in [0.717, 1.165) is 24.1 Å². The lowest BCUT2D eigenvalue weighted by atomic mass is 9.76. The fourth-order valence-electron chi connectivity index (χ4n) is 2.75. The van der Waals surface area contributed by atoms with Crippen LogP contribution in [0.5, 0.6) is 5.75 Å². The summed E-state index contributed by atoms with van der Waals surface area (Å²) in [7, 11) is -0.337. The minimum Gasteiger partial charge on any atom is -0.490 e. The summed E-state index contributed by atoms with van der Waals surface area (Å²) in [5, 5.41) is 0. The zero-order valence-electron chi connectivity index (χ0n) is 15.5. The first-order valence-corrected chi connectivity index (χ1v) is 8.66. The van der Waals surface area contributed by atoms with Crippen molar-refractivity contribution in [2.75, 3.05) is 0 Å². The van der Waals surface area contributed by atoms with Crippen LogP contribution in [0, 0.1) is 0 Å². The predicted molar refractivity (Wildman–Crippen MR) is 94.5 cm³/mol. The average molecular weight is 316 g/mol. The van der Waals surface area contributed by atoms with Crippen LogP contribution in [0.3, 0.4) is 0 Å². The predicted octanol–water partition coefficient (Wildman–Crippen LogP) is 3.82. The summed E-state index contributed by atoms with van der Waals surface area (Å²) >= 11 is 0. The Morgan fingerprint density at radius 1 is 1.04 bits per heavy atom. The van der Waals surface area contributed by atoms with E-state index in [9.17, 15) is 0 Å². The number of hydrogen-bond acceptors (Lipinski definition) is 3. The molecule has 1 aromatic rings. The van der Waals surface area contributed by atoms with Gasteiger partial charge >= 0.3 is 7.12 Å². The number of benzene rings is 1. The number of rotatable bonds is 3. The molecule has 3 rings (SSSR count). The van der Waals surface area contributed by atoms with Crippen molar-refractivity contribution in [2.24, 2.45) is 0 Å². The zero-order valence-corrected chi connectivity index (χ0v) is 15.5. The van der Waals surface area contributed by atoms with Crippen molar-refractivity contribution in [3.8, 4) is 5.75 Å². The molecule has 0 radical (unpaired) electrons. The van der Waals surface area contributed by atoms with Crippen LogP contribution in [0.2, 0.25) is 0 Å². The summed E-state index contributed by atoms with van der Waals surface area (Å²) in [5.74, 6) is 0.979. The van der Waals surface area contributed by atoms with Gasteiger partial charge in [0.05, 0.1) is 17.3 Å². The molecular formula is C19H29BO3. The Morgan fingerprint density at radius 2 is 1.61 bits per heavy atom. The SMILES string of the molecule is CC(C)(C)c1ccc(B2OC(C)(C)C(C)(C)O2)cc1OC1CC1. The third-order valence-corrected chi connectivity index (χ3v) is 5.16. The smallest absolute Gasteiger partial charge is 0.490 e. The second-order valence-electron chi connectivity index (χ2n) is 8.91. The van der Waals surface area contributed by atoms with Gasteiger partial charge in [0.1, 0.15) is 5.75 Å². The van der Waals surface area contributed by atoms with Crippen molar-refractivity contribution in [3.05, 3.63) is 23.8 Å². The molecule has 1 saturated carbocycles. The van der Waals surface area contributed by atoms with Gasteiger partial charge in [-0.1, -0.05) is 32.9 Å². The van der Waals surface area contributed by atoms with Gasteiger partial charge < -0.3 is 14.0 Å². The van der Waals surface area contributed by atoms with Crippen LogP contribution in [-0.4, -0.2) is 24.4 Å². The summed E-state index contributed by atoms with van der Waals surface area (Å²) < 4.78 is 18.5. The fraction of sp³-hybridized carbons (Fsp3) is 0.684. The van der Waals surface area contributed by atoms with E-state index in [2.05, 4.69) is 66.7 Å². The van der Waals surface area contributed by atoms with Crippen molar-refractivity contribution >= 4 is 12.6 Å². The minimum absolute atomic E-state index is 0.0543. The van der Waals surface area contributed by atoms with E-state index in [0.29, 0.717) is 6.10 Å². The van der Waals surface area contributed by atoms with Crippen molar-refractivity contribution < 1.29 is 14.0 Å². The molecule has 23 heavy (non-hydrogen) atoms. The first-order valence-electron chi connectivity index (χ1n) is 8.66. The van der Waals surface area contributed by atoms with E-state index in [1.807, 2.05) is 0 Å². The molecule has 0 bridgehead atoms. The topological polar surface area (TPSA) is 27.7 Å². The molecule has 4 heteroatoms. The third kappa shape index (κ3) is 3.29. The Morgan fingerprint density at radius 3 is 2.09 bits per heavy atom. The van der Waals surface area contributed by atoms with Gasteiger partial charge in [0.2, 0.25) is 0 Å². The largest absolute Gasteiger partial charge is 0.494 e. The fourth-order valence-corrected chi connectivity index (χ4v) is 2.75. The lowest BCUT2D eigenvalue weighted by Crippen LogP contribution is -2.41. The van der Waals surface area contributed by atoms with E-state index in [1.165, 1.54) is 5.56 Å². The van der Waals surface area contributed by atoms with E-state index < -0.39 is 0 Å². The van der Waals surface area contributed by atoms with E-state index in [4.69, 9.17) is 14.0 Å². The van der Waals surface area contributed by atoms with Gasteiger partial charge in [-0.15, -0.1) is 0 Å². The lowest BCUT2D eigenvalue weighted by molar-refractivity contribution is 0.00578. The maximum Gasteiger partial charge on any atom is 0.494 e. The van der Waals surface area contributed by atoms with Crippen molar-refractivity contribution in [3.63, 3.8) is 0 Å². The molecule has 1 aromatic carbocycles. The molecule has 0 atom stereocenters. The Balaban J connectivity index is 1.92. The molecule has 1 saturated heterocycles. The van der Waals surface area contributed by atoms with Crippen LogP contribution in [0.25, 0.3) is 0 Å². The highest BCUT2D eigenvalue weighted by Crippen LogP contribution is 2.38. The van der Waals surface area contributed by atoms with Crippen LogP contribution in [-0.2, 0) is 14.7 Å². The molecule has 0 unspecified atom stereocenters. The van der Waals surface area contributed by atoms with E-state index >= 15 is 0 Å². The van der Waals surface area contributed by atoms with Crippen LogP contribution < -0.4 is 10.2 Å². The maximum atomic E-state index is 6.18. The van der Waals surface area contributed by atoms with Gasteiger partial charge in [0.15, 0.2) is 0 Å². The molecular weight excluding hydrogens is 287 g/mol. The van der Waals surface area contributed by atoms with Crippen LogP contribution in [0.4, 0.5) is 0 Å². The van der Waals surface area contributed by atoms with Crippen LogP contribution >= 0.6 is 0 Å². The second-order valence-corrected chi connectivity index (χ2v) is 8.91. The van der Waals surface area contributed by atoms with Crippen LogP contribution in [0.1, 0.15) is 66.9 Å². The van der Waals surface area contributed by atoms with E-state index in [1.54, 1.807) is 0 Å². The third-order valence-electron chi connectivity index (χ3n) is 5.16. The van der Waals surface area contributed by atoms with Crippen molar-refractivity contribution in [1.82, 2.24) is 0 Å². The Labute approximate surface area is 140 Å². The molecule has 0 amide bonds. The zero-order chi connectivity index (χ0) is 17.0. The quantitative estimate of drug-likeness (QED) is 0.793. The molecule has 2 fully saturated rings. The molecule has 1 heterocycles. The molecule has 1 aliphatic carbocycles. The van der Waals surface area contributed by atoms with Crippen LogP contribution in [0.15, 0.2) is 18.2 Å². The van der Waals surface area contributed by atoms with Gasteiger partial charge in [0.25, 0.3) is 0 Å². The van der Waals surface area contributed by atoms with Gasteiger partial charge in [-0.05, 0) is 63.0 Å². The molecule has 0 spiro atoms. The number of ether oxygens (including phenoxy) is 1. The highest BCUT2D eigenvalue weighted by atomic mass is 16.7. The summed E-state index contributed by atoms with van der Waals surface area (Å²) in [5.41, 5.74) is 1.69. The lowest BCUT2D eigenvalue weighted by Gasteiger charge is -2.32. The molecule has 1 aliphatic heterocycles. The monoisotopic (exact) mass is 316 g/mol. The molecule has 3 nitrogen and oxygen atoms in total. The Hall–Kier alpha value is -0.995. The van der Waals surface area contributed by atoms with E-state index in [-0.39, 0.29) is 23.7 Å². The summed E-state index contributed by atoms with van der Waals surface area (Å²) in [4.78, 5) is 0. The average Bonchev–Trinajstić information content (AvgIpc) is 3.15. The normalized spacial score (nSPS) is 23.2. The molecule has 126 valence electrons. The molecule has 0 N–H and O–H groups in total. The van der Waals surface area contributed by atoms with Crippen molar-refractivity contribution in [1.29, 1.82) is 0 Å². The van der Waals surface area contributed by atoms with Crippen molar-refractivity contribution in [2.45, 2.75) is 84.0 Å². The standard InChI is InChI=1S/C19H29BO3/c1-17(2,3)15-11-8-13(12-16(15)21-14-9-10-14)20-22-18(4,5)19(6,7)23-20/h8,11-12,14H,9-10H2,1-7H3. The Bertz CT molecular complexity index is 581. The summed E-state index contributed by atoms with van der Waals surface area (Å²) in [6.07, 6.45) is 2.69. The second kappa shape index (κ2) is 5.25. The highest BCUT2D eigenvalue weighted by Gasteiger charge is 2.51. The van der Waals surface area contributed by atoms with Gasteiger partial charge in [-0.2, -0.15) is 0 Å². The molecule has 2 aliphatic rings. The first-order chi connectivity index (χ1) is 10.5. The van der Waals surface area contributed by atoms with Gasteiger partial charge in [-0.25, -0.2) is 0 Å². The van der Waals surface area contributed by atoms with Gasteiger partial charge in [-0.3, -0.25) is 0 Å². The maximum absolute atomic E-state index is 6.18. The van der Waals surface area contributed by atoms with Gasteiger partial charge in [0, 0.05) is 0 Å². The minimum atomic E-state index is -0.337. The summed E-state index contributed by atoms with van der Waals surface area (Å²) in [6.45, 7) is 15.0. The number of hydrogen-bond donors (Lipinski definition) is 0. The highest BCUT2D eigenvalue weighted by molar-refractivity contribution is 6.62. The Kier molecular flexibility index (Phi) is 3.85. The summed E-state index contributed by atoms with van der Waals surface area (Å²) in [6, 6.07) is 6.39. The molecule has 0 aromatic heterocycles.